The first-order valence-corrected chi connectivity index (χ1v) is 8.67. The molecule has 3 aromatic rings. The maximum Gasteiger partial charge on any atom is 0.141 e. The number of likely N-dealkylation sites (N-methyl/N-ethyl adjacent to an activating group) is 1. The van der Waals surface area contributed by atoms with Crippen LogP contribution in [0.15, 0.2) is 48.1 Å². The van der Waals surface area contributed by atoms with E-state index < -0.39 is 0 Å². The third-order valence-corrected chi connectivity index (χ3v) is 5.05. The maximum atomic E-state index is 4.46. The van der Waals surface area contributed by atoms with Gasteiger partial charge in [0.15, 0.2) is 0 Å². The van der Waals surface area contributed by atoms with E-state index in [9.17, 15) is 0 Å². The van der Waals surface area contributed by atoms with Crippen LogP contribution >= 0.6 is 11.3 Å². The van der Waals surface area contributed by atoms with Crippen molar-refractivity contribution in [2.24, 2.45) is 0 Å². The van der Waals surface area contributed by atoms with E-state index >= 15 is 0 Å². The molecule has 0 amide bonds. The van der Waals surface area contributed by atoms with Crippen molar-refractivity contribution in [3.8, 4) is 16.4 Å². The summed E-state index contributed by atoms with van der Waals surface area (Å²) in [5.41, 5.74) is 3.38. The zero-order valence-corrected chi connectivity index (χ0v) is 13.9. The van der Waals surface area contributed by atoms with E-state index in [1.807, 2.05) is 28.5 Å². The van der Waals surface area contributed by atoms with Crippen LogP contribution in [0.1, 0.15) is 0 Å². The average Bonchev–Trinajstić information content (AvgIpc) is 3.27. The fraction of sp³-hybridized carbons (Fsp3) is 0.294. The van der Waals surface area contributed by atoms with Crippen LogP contribution < -0.4 is 4.90 Å². The Balaban J connectivity index is 1.58. The van der Waals surface area contributed by atoms with E-state index in [1.165, 1.54) is 5.69 Å². The Morgan fingerprint density at radius 1 is 0.913 bits per heavy atom. The number of anilines is 1. The fourth-order valence-electron chi connectivity index (χ4n) is 2.89. The third kappa shape index (κ3) is 2.87. The highest BCUT2D eigenvalue weighted by Crippen LogP contribution is 2.25. The molecular formula is C17H19N5S. The SMILES string of the molecule is CN1CCN(c2ccc(-n3nccc3-c3nccs3)cc2)CC1. The van der Waals surface area contributed by atoms with Crippen LogP contribution in [0.5, 0.6) is 0 Å². The summed E-state index contributed by atoms with van der Waals surface area (Å²) in [6, 6.07) is 10.7. The predicted octanol–water partition coefficient (Wildman–Crippen LogP) is 2.75. The summed E-state index contributed by atoms with van der Waals surface area (Å²) in [5.74, 6) is 0. The molecule has 0 spiro atoms. The third-order valence-electron chi connectivity index (χ3n) is 4.26. The van der Waals surface area contributed by atoms with Crippen molar-refractivity contribution < 1.29 is 0 Å². The normalized spacial score (nSPS) is 16.0. The van der Waals surface area contributed by atoms with Crippen molar-refractivity contribution in [1.29, 1.82) is 0 Å². The lowest BCUT2D eigenvalue weighted by atomic mass is 10.2. The number of benzene rings is 1. The molecule has 1 saturated heterocycles. The number of aromatic nitrogens is 3. The molecule has 5 nitrogen and oxygen atoms in total. The Morgan fingerprint density at radius 2 is 1.65 bits per heavy atom. The van der Waals surface area contributed by atoms with Crippen LogP contribution in [-0.2, 0) is 0 Å². The molecular weight excluding hydrogens is 306 g/mol. The number of thiazole rings is 1. The summed E-state index contributed by atoms with van der Waals surface area (Å²) >= 11 is 1.63. The standard InChI is InChI=1S/C17H19N5S/c1-20-9-11-21(12-10-20)14-2-4-15(5-3-14)22-16(6-7-19-22)17-18-8-13-23-17/h2-8,13H,9-12H2,1H3. The zero-order chi connectivity index (χ0) is 15.6. The van der Waals surface area contributed by atoms with E-state index in [0.29, 0.717) is 0 Å². The second-order valence-corrected chi connectivity index (χ2v) is 6.67. The van der Waals surface area contributed by atoms with Crippen LogP contribution in [0.4, 0.5) is 5.69 Å². The fourth-order valence-corrected chi connectivity index (χ4v) is 3.54. The number of rotatable bonds is 3. The zero-order valence-electron chi connectivity index (χ0n) is 13.1. The smallest absolute Gasteiger partial charge is 0.141 e. The van der Waals surface area contributed by atoms with Gasteiger partial charge < -0.3 is 9.80 Å². The maximum absolute atomic E-state index is 4.46. The number of hydrogen-bond acceptors (Lipinski definition) is 5. The minimum absolute atomic E-state index is 0.991. The van der Waals surface area contributed by atoms with Gasteiger partial charge >= 0.3 is 0 Å². The summed E-state index contributed by atoms with van der Waals surface area (Å²) in [4.78, 5) is 9.20. The topological polar surface area (TPSA) is 37.2 Å². The lowest BCUT2D eigenvalue weighted by Crippen LogP contribution is -2.44. The van der Waals surface area contributed by atoms with Gasteiger partial charge in [-0.3, -0.25) is 0 Å². The molecule has 4 rings (SSSR count). The summed E-state index contributed by atoms with van der Waals surface area (Å²) < 4.78 is 1.95. The largest absolute Gasteiger partial charge is 0.369 e. The van der Waals surface area contributed by atoms with Gasteiger partial charge in [-0.1, -0.05) is 0 Å². The minimum atomic E-state index is 0.991. The molecule has 0 atom stereocenters. The highest BCUT2D eigenvalue weighted by atomic mass is 32.1. The van der Waals surface area contributed by atoms with Crippen molar-refractivity contribution in [3.63, 3.8) is 0 Å². The molecule has 0 radical (unpaired) electrons. The quantitative estimate of drug-likeness (QED) is 0.742. The highest BCUT2D eigenvalue weighted by Gasteiger charge is 2.15. The molecule has 0 aliphatic carbocycles. The van der Waals surface area contributed by atoms with Gasteiger partial charge in [0.05, 0.1) is 11.9 Å². The molecule has 3 heterocycles. The second-order valence-electron chi connectivity index (χ2n) is 5.77. The molecule has 1 aliphatic heterocycles. The van der Waals surface area contributed by atoms with Crippen LogP contribution in [0, 0.1) is 0 Å². The van der Waals surface area contributed by atoms with Gasteiger partial charge in [-0.25, -0.2) is 9.67 Å². The highest BCUT2D eigenvalue weighted by molar-refractivity contribution is 7.13. The van der Waals surface area contributed by atoms with Crippen LogP contribution in [0.3, 0.4) is 0 Å². The van der Waals surface area contributed by atoms with Crippen molar-refractivity contribution in [1.82, 2.24) is 19.7 Å². The first-order chi connectivity index (χ1) is 11.3. The molecule has 1 aliphatic rings. The summed E-state index contributed by atoms with van der Waals surface area (Å²) in [5, 5.41) is 7.44. The molecule has 118 valence electrons. The van der Waals surface area contributed by atoms with Crippen LogP contribution in [0.2, 0.25) is 0 Å². The summed E-state index contributed by atoms with van der Waals surface area (Å²) in [6.45, 7) is 4.41. The van der Waals surface area contributed by atoms with Crippen molar-refractivity contribution in [2.75, 3.05) is 38.1 Å². The van der Waals surface area contributed by atoms with Crippen LogP contribution in [0.25, 0.3) is 16.4 Å². The van der Waals surface area contributed by atoms with Crippen molar-refractivity contribution >= 4 is 17.0 Å². The molecule has 2 aromatic heterocycles. The number of nitrogens with zero attached hydrogens (tertiary/aromatic N) is 5. The monoisotopic (exact) mass is 325 g/mol. The Labute approximate surface area is 139 Å². The Morgan fingerprint density at radius 3 is 2.35 bits per heavy atom. The molecule has 1 aromatic carbocycles. The Bertz CT molecular complexity index is 755. The lowest BCUT2D eigenvalue weighted by Gasteiger charge is -2.34. The van der Waals surface area contributed by atoms with Crippen molar-refractivity contribution in [2.45, 2.75) is 0 Å². The number of hydrogen-bond donors (Lipinski definition) is 0. The summed E-state index contributed by atoms with van der Waals surface area (Å²) in [6.07, 6.45) is 3.65. The Kier molecular flexibility index (Phi) is 3.85. The summed E-state index contributed by atoms with van der Waals surface area (Å²) in [7, 11) is 2.18. The van der Waals surface area contributed by atoms with Gasteiger partial charge in [0, 0.05) is 43.4 Å². The number of piperazine rings is 1. The van der Waals surface area contributed by atoms with Crippen molar-refractivity contribution in [3.05, 3.63) is 48.1 Å². The molecule has 0 N–H and O–H groups in total. The lowest BCUT2D eigenvalue weighted by molar-refractivity contribution is 0.313. The first-order valence-electron chi connectivity index (χ1n) is 7.79. The van der Waals surface area contributed by atoms with E-state index in [-0.39, 0.29) is 0 Å². The molecule has 0 saturated carbocycles. The molecule has 23 heavy (non-hydrogen) atoms. The molecule has 0 unspecified atom stereocenters. The first kappa shape index (κ1) is 14.4. The Hall–Kier alpha value is -2.18. The van der Waals surface area contributed by atoms with E-state index in [1.54, 1.807) is 11.3 Å². The molecule has 6 heteroatoms. The molecule has 1 fully saturated rings. The van der Waals surface area contributed by atoms with Gasteiger partial charge in [0.2, 0.25) is 0 Å². The van der Waals surface area contributed by atoms with E-state index in [4.69, 9.17) is 0 Å². The second kappa shape index (κ2) is 6.14. The van der Waals surface area contributed by atoms with Gasteiger partial charge in [-0.05, 0) is 37.4 Å². The van der Waals surface area contributed by atoms with Gasteiger partial charge in [0.25, 0.3) is 0 Å². The minimum Gasteiger partial charge on any atom is -0.369 e. The van der Waals surface area contributed by atoms with E-state index in [2.05, 4.69) is 51.2 Å². The average molecular weight is 325 g/mol. The predicted molar refractivity (Wildman–Crippen MR) is 94.4 cm³/mol. The van der Waals surface area contributed by atoms with E-state index in [0.717, 1.165) is 42.6 Å². The van der Waals surface area contributed by atoms with Gasteiger partial charge in [-0.2, -0.15) is 5.10 Å². The van der Waals surface area contributed by atoms with Crippen LogP contribution in [-0.4, -0.2) is 52.9 Å². The van der Waals surface area contributed by atoms with Gasteiger partial charge in [0.1, 0.15) is 10.7 Å². The van der Waals surface area contributed by atoms with Gasteiger partial charge in [-0.15, -0.1) is 11.3 Å². The molecule has 0 bridgehead atoms.